The Labute approximate surface area is 103 Å². The van der Waals surface area contributed by atoms with E-state index in [4.69, 9.17) is 4.74 Å². The Morgan fingerprint density at radius 3 is 2.41 bits per heavy atom. The molecular weight excluding hydrogens is 218 g/mol. The lowest BCUT2D eigenvalue weighted by Gasteiger charge is -2.41. The van der Waals surface area contributed by atoms with Crippen molar-refractivity contribution in [3.05, 3.63) is 0 Å². The fourth-order valence-corrected chi connectivity index (χ4v) is 3.24. The lowest BCUT2D eigenvalue weighted by Crippen LogP contribution is -2.52. The van der Waals surface area contributed by atoms with E-state index >= 15 is 0 Å². The number of esters is 1. The van der Waals surface area contributed by atoms with Gasteiger partial charge in [0.1, 0.15) is 0 Å². The summed E-state index contributed by atoms with van der Waals surface area (Å²) in [4.78, 5) is 14.3. The van der Waals surface area contributed by atoms with E-state index in [-0.39, 0.29) is 11.9 Å². The summed E-state index contributed by atoms with van der Waals surface area (Å²) >= 11 is 0. The Bertz CT molecular complexity index is 310. The van der Waals surface area contributed by atoms with Crippen LogP contribution < -0.4 is 0 Å². The lowest BCUT2D eigenvalue weighted by molar-refractivity contribution is -0.168. The fraction of sp³-hybridized carbons (Fsp3) is 0.923. The Hall–Kier alpha value is -0.610. The van der Waals surface area contributed by atoms with Crippen LogP contribution in [0.5, 0.6) is 0 Å². The number of likely N-dealkylation sites (tertiary alicyclic amines) is 1. The number of piperidine rings is 1. The van der Waals surface area contributed by atoms with Gasteiger partial charge >= 0.3 is 5.97 Å². The number of rotatable bonds is 3. The smallest absolute Gasteiger partial charge is 0.315 e. The summed E-state index contributed by atoms with van der Waals surface area (Å²) in [6, 6.07) is 0. The van der Waals surface area contributed by atoms with Crippen molar-refractivity contribution in [1.29, 1.82) is 0 Å². The molecule has 0 radical (unpaired) electrons. The number of aliphatic hydroxyl groups is 1. The molecule has 1 N–H and O–H groups in total. The van der Waals surface area contributed by atoms with Gasteiger partial charge in [-0.3, -0.25) is 4.79 Å². The molecular formula is C13H23NO3. The van der Waals surface area contributed by atoms with Crippen LogP contribution in [0.2, 0.25) is 0 Å². The van der Waals surface area contributed by atoms with E-state index in [1.54, 1.807) is 0 Å². The molecule has 1 heterocycles. The Morgan fingerprint density at radius 1 is 1.47 bits per heavy atom. The summed E-state index contributed by atoms with van der Waals surface area (Å²) in [5, 5.41) is 10.8. The van der Waals surface area contributed by atoms with Crippen LogP contribution in [0.25, 0.3) is 0 Å². The van der Waals surface area contributed by atoms with Gasteiger partial charge in [-0.15, -0.1) is 0 Å². The van der Waals surface area contributed by atoms with E-state index in [2.05, 4.69) is 4.90 Å². The van der Waals surface area contributed by atoms with Crippen molar-refractivity contribution in [3.8, 4) is 0 Å². The highest BCUT2D eigenvalue weighted by Crippen LogP contribution is 2.62. The second kappa shape index (κ2) is 4.25. The molecule has 2 rings (SSSR count). The molecule has 1 aliphatic heterocycles. The first-order chi connectivity index (χ1) is 7.96. The van der Waals surface area contributed by atoms with Gasteiger partial charge in [0.2, 0.25) is 0 Å². The third-order valence-corrected chi connectivity index (χ3v) is 4.59. The average Bonchev–Trinajstić information content (AvgIpc) is 2.97. The van der Waals surface area contributed by atoms with Gasteiger partial charge in [-0.2, -0.15) is 0 Å². The zero-order valence-corrected chi connectivity index (χ0v) is 11.0. The highest BCUT2D eigenvalue weighted by atomic mass is 16.5. The molecule has 2 atom stereocenters. The van der Waals surface area contributed by atoms with Crippen molar-refractivity contribution in [2.45, 2.75) is 38.7 Å². The van der Waals surface area contributed by atoms with Gasteiger partial charge in [0.25, 0.3) is 0 Å². The molecule has 0 aromatic rings. The molecule has 4 heteroatoms. The Kier molecular flexibility index (Phi) is 3.21. The highest BCUT2D eigenvalue weighted by molar-refractivity contribution is 5.82. The van der Waals surface area contributed by atoms with Gasteiger partial charge < -0.3 is 14.7 Å². The minimum Gasteiger partial charge on any atom is -0.465 e. The predicted molar refractivity (Wildman–Crippen MR) is 64.5 cm³/mol. The number of ether oxygens (including phenoxy) is 1. The molecule has 2 unspecified atom stereocenters. The molecule has 1 aliphatic carbocycles. The number of carbonyl (C=O) groups excluding carboxylic acids is 1. The maximum Gasteiger partial charge on any atom is 0.315 e. The van der Waals surface area contributed by atoms with Crippen LogP contribution in [-0.2, 0) is 9.53 Å². The van der Waals surface area contributed by atoms with Crippen molar-refractivity contribution >= 4 is 5.97 Å². The molecule has 17 heavy (non-hydrogen) atoms. The summed E-state index contributed by atoms with van der Waals surface area (Å²) < 4.78 is 5.17. The normalized spacial score (nSPS) is 36.6. The Morgan fingerprint density at radius 2 is 2.00 bits per heavy atom. The number of carbonyl (C=O) groups is 1. The molecule has 0 aromatic carbocycles. The average molecular weight is 241 g/mol. The maximum absolute atomic E-state index is 12.1. The minimum atomic E-state index is -0.856. The van der Waals surface area contributed by atoms with E-state index in [0.29, 0.717) is 19.4 Å². The summed E-state index contributed by atoms with van der Waals surface area (Å²) in [5.41, 5.74) is -1.48. The Balaban J connectivity index is 2.15. The molecule has 2 fully saturated rings. The van der Waals surface area contributed by atoms with Crippen molar-refractivity contribution in [3.63, 3.8) is 0 Å². The SMILES string of the molecule is CCOC(=O)C1(C2(O)CCN(C)CC2)CC1C. The molecule has 0 aromatic heterocycles. The lowest BCUT2D eigenvalue weighted by atomic mass is 9.75. The van der Waals surface area contributed by atoms with Crippen LogP contribution in [0.15, 0.2) is 0 Å². The molecule has 4 nitrogen and oxygen atoms in total. The third-order valence-electron chi connectivity index (χ3n) is 4.59. The standard InChI is InChI=1S/C13H23NO3/c1-4-17-11(15)13(9-10(13)2)12(16)5-7-14(3)8-6-12/h10,16H,4-9H2,1-3H3. The van der Waals surface area contributed by atoms with Gasteiger partial charge in [0, 0.05) is 13.1 Å². The fourth-order valence-electron chi connectivity index (χ4n) is 3.24. The van der Waals surface area contributed by atoms with Gasteiger partial charge in [0.05, 0.1) is 17.6 Å². The first-order valence-corrected chi connectivity index (χ1v) is 6.54. The van der Waals surface area contributed by atoms with E-state index in [1.165, 1.54) is 0 Å². The molecule has 2 aliphatic rings. The second-order valence-electron chi connectivity index (χ2n) is 5.63. The van der Waals surface area contributed by atoms with Crippen LogP contribution in [0, 0.1) is 11.3 Å². The third kappa shape index (κ3) is 1.87. The van der Waals surface area contributed by atoms with Gasteiger partial charge in [-0.25, -0.2) is 0 Å². The zero-order chi connectivity index (χ0) is 12.7. The van der Waals surface area contributed by atoms with E-state index in [9.17, 15) is 9.90 Å². The highest BCUT2D eigenvalue weighted by Gasteiger charge is 2.70. The molecule has 0 bridgehead atoms. The van der Waals surface area contributed by atoms with Gasteiger partial charge in [0.15, 0.2) is 0 Å². The van der Waals surface area contributed by atoms with Crippen molar-refractivity contribution in [1.82, 2.24) is 4.90 Å². The molecule has 0 amide bonds. The van der Waals surface area contributed by atoms with E-state index in [0.717, 1.165) is 19.5 Å². The number of hydrogen-bond donors (Lipinski definition) is 1. The quantitative estimate of drug-likeness (QED) is 0.750. The molecule has 1 saturated carbocycles. The molecule has 0 spiro atoms. The monoisotopic (exact) mass is 241 g/mol. The number of hydrogen-bond acceptors (Lipinski definition) is 4. The predicted octanol–water partition coefficient (Wildman–Crippen LogP) is 1.03. The summed E-state index contributed by atoms with van der Waals surface area (Å²) in [5.74, 6) is 0.0505. The zero-order valence-electron chi connectivity index (χ0n) is 11.0. The first-order valence-electron chi connectivity index (χ1n) is 6.54. The largest absolute Gasteiger partial charge is 0.465 e. The first kappa shape index (κ1) is 12.8. The number of nitrogens with zero attached hydrogens (tertiary/aromatic N) is 1. The topological polar surface area (TPSA) is 49.8 Å². The van der Waals surface area contributed by atoms with Crippen LogP contribution in [-0.4, -0.2) is 48.3 Å². The van der Waals surface area contributed by atoms with Gasteiger partial charge in [-0.1, -0.05) is 6.92 Å². The molecule has 98 valence electrons. The van der Waals surface area contributed by atoms with E-state index < -0.39 is 11.0 Å². The van der Waals surface area contributed by atoms with Crippen molar-refractivity contribution in [2.75, 3.05) is 26.7 Å². The maximum atomic E-state index is 12.1. The van der Waals surface area contributed by atoms with Gasteiger partial charge in [-0.05, 0) is 39.2 Å². The summed E-state index contributed by atoms with van der Waals surface area (Å²) in [7, 11) is 2.05. The van der Waals surface area contributed by atoms with E-state index in [1.807, 2.05) is 20.9 Å². The van der Waals surface area contributed by atoms with Crippen LogP contribution in [0.1, 0.15) is 33.1 Å². The van der Waals surface area contributed by atoms with Crippen molar-refractivity contribution in [2.24, 2.45) is 11.3 Å². The van der Waals surface area contributed by atoms with Crippen LogP contribution in [0.3, 0.4) is 0 Å². The van der Waals surface area contributed by atoms with Crippen molar-refractivity contribution < 1.29 is 14.6 Å². The van der Waals surface area contributed by atoms with Crippen LogP contribution >= 0.6 is 0 Å². The van der Waals surface area contributed by atoms with Crippen LogP contribution in [0.4, 0.5) is 0 Å². The minimum absolute atomic E-state index is 0.195. The summed E-state index contributed by atoms with van der Waals surface area (Å²) in [6.07, 6.45) is 2.12. The molecule has 1 saturated heterocycles. The second-order valence-corrected chi connectivity index (χ2v) is 5.63. The summed E-state index contributed by atoms with van der Waals surface area (Å²) in [6.45, 7) is 5.95.